The second-order valence-corrected chi connectivity index (χ2v) is 5.79. The van der Waals surface area contributed by atoms with E-state index >= 15 is 0 Å². The van der Waals surface area contributed by atoms with Gasteiger partial charge >= 0.3 is 6.09 Å². The van der Waals surface area contributed by atoms with Crippen molar-refractivity contribution in [2.45, 2.75) is 26.4 Å². The Balaban J connectivity index is 2.23. The molecule has 0 spiro atoms. The van der Waals surface area contributed by atoms with Crippen molar-refractivity contribution in [1.82, 2.24) is 5.16 Å². The molecule has 0 aliphatic rings. The zero-order chi connectivity index (χ0) is 17.7. The molecule has 8 nitrogen and oxygen atoms in total. The molecule has 8 heteroatoms. The van der Waals surface area contributed by atoms with Crippen LogP contribution < -0.4 is 10.6 Å². The number of carbonyl (C=O) groups excluding carboxylic acids is 1. The quantitative estimate of drug-likeness (QED) is 0.827. The van der Waals surface area contributed by atoms with E-state index in [1.54, 1.807) is 51.1 Å². The molecule has 2 rings (SSSR count). The molecule has 0 saturated carbocycles. The molecule has 0 aliphatic carbocycles. The standard InChI is InChI=1S/C16H15N5O3/c1-16(2,3)23-15(22)20-14-12-6-11(4-5-13(12)24-21-14)19-9-10(7-17)8-18/h4-6,9,19H,1-3H3,(H,20,21,22). The third-order valence-corrected chi connectivity index (χ3v) is 2.71. The summed E-state index contributed by atoms with van der Waals surface area (Å²) in [5, 5.41) is 27.1. The predicted molar refractivity (Wildman–Crippen MR) is 86.8 cm³/mol. The van der Waals surface area contributed by atoms with Crippen molar-refractivity contribution in [3.8, 4) is 12.1 Å². The minimum Gasteiger partial charge on any atom is -0.444 e. The maximum absolute atomic E-state index is 11.8. The number of anilines is 2. The number of amides is 1. The summed E-state index contributed by atoms with van der Waals surface area (Å²) in [6, 6.07) is 8.50. The lowest BCUT2D eigenvalue weighted by Crippen LogP contribution is -2.27. The first kappa shape index (κ1) is 16.8. The average molecular weight is 325 g/mol. The number of nitrogens with one attached hydrogen (secondary N) is 2. The molecule has 1 aromatic heterocycles. The van der Waals surface area contributed by atoms with Crippen LogP contribution in [0.15, 0.2) is 34.5 Å². The predicted octanol–water partition coefficient (Wildman–Crippen LogP) is 3.52. The van der Waals surface area contributed by atoms with Crippen molar-refractivity contribution in [3.63, 3.8) is 0 Å². The third kappa shape index (κ3) is 4.24. The van der Waals surface area contributed by atoms with Gasteiger partial charge in [-0.15, -0.1) is 0 Å². The summed E-state index contributed by atoms with van der Waals surface area (Å²) in [5.41, 5.74) is 0.372. The number of fused-ring (bicyclic) bond motifs is 1. The Morgan fingerprint density at radius 3 is 2.67 bits per heavy atom. The summed E-state index contributed by atoms with van der Waals surface area (Å²) in [7, 11) is 0. The lowest BCUT2D eigenvalue weighted by molar-refractivity contribution is 0.0635. The maximum atomic E-state index is 11.8. The summed E-state index contributed by atoms with van der Waals surface area (Å²) in [5.74, 6) is 0.215. The van der Waals surface area contributed by atoms with Gasteiger partial charge in [0.2, 0.25) is 0 Å². The first-order chi connectivity index (χ1) is 11.3. The number of hydrogen-bond acceptors (Lipinski definition) is 7. The van der Waals surface area contributed by atoms with E-state index in [2.05, 4.69) is 15.8 Å². The first-order valence-electron chi connectivity index (χ1n) is 6.99. The van der Waals surface area contributed by atoms with Crippen LogP contribution in [0, 0.1) is 22.7 Å². The Labute approximate surface area is 138 Å². The van der Waals surface area contributed by atoms with Crippen LogP contribution in [0.3, 0.4) is 0 Å². The summed E-state index contributed by atoms with van der Waals surface area (Å²) < 4.78 is 10.3. The zero-order valence-corrected chi connectivity index (χ0v) is 13.4. The molecule has 2 aromatic rings. The van der Waals surface area contributed by atoms with E-state index in [1.165, 1.54) is 6.20 Å². The Morgan fingerprint density at radius 2 is 2.04 bits per heavy atom. The van der Waals surface area contributed by atoms with Gasteiger partial charge in [0.1, 0.15) is 23.3 Å². The molecule has 0 atom stereocenters. The molecule has 1 amide bonds. The van der Waals surface area contributed by atoms with Gasteiger partial charge in [0, 0.05) is 11.9 Å². The molecule has 1 heterocycles. The topological polar surface area (TPSA) is 124 Å². The molecule has 0 saturated heterocycles. The van der Waals surface area contributed by atoms with Gasteiger partial charge in [-0.05, 0) is 39.0 Å². The second-order valence-electron chi connectivity index (χ2n) is 5.79. The highest BCUT2D eigenvalue weighted by molar-refractivity contribution is 5.97. The molecule has 0 bridgehead atoms. The minimum absolute atomic E-state index is 0.0625. The molecule has 0 radical (unpaired) electrons. The Hall–Kier alpha value is -3.52. The number of carbonyl (C=O) groups is 1. The molecular weight excluding hydrogens is 310 g/mol. The van der Waals surface area contributed by atoms with Crippen LogP contribution in [0.5, 0.6) is 0 Å². The largest absolute Gasteiger partial charge is 0.444 e. The van der Waals surface area contributed by atoms with Crippen LogP contribution in [-0.2, 0) is 4.74 Å². The van der Waals surface area contributed by atoms with Crippen molar-refractivity contribution in [3.05, 3.63) is 30.0 Å². The van der Waals surface area contributed by atoms with Gasteiger partial charge < -0.3 is 14.6 Å². The van der Waals surface area contributed by atoms with Crippen LogP contribution in [0.4, 0.5) is 16.3 Å². The molecule has 0 aliphatic heterocycles. The van der Waals surface area contributed by atoms with Crippen LogP contribution >= 0.6 is 0 Å². The SMILES string of the molecule is CC(C)(C)OC(=O)Nc1noc2ccc(NC=C(C#N)C#N)cc12. The number of benzene rings is 1. The van der Waals surface area contributed by atoms with Gasteiger partial charge in [0.05, 0.1) is 5.39 Å². The van der Waals surface area contributed by atoms with Crippen molar-refractivity contribution >= 4 is 28.6 Å². The number of ether oxygens (including phenoxy) is 1. The van der Waals surface area contributed by atoms with E-state index in [1.807, 2.05) is 0 Å². The number of allylic oxidation sites excluding steroid dienone is 1. The molecule has 0 fully saturated rings. The fourth-order valence-electron chi connectivity index (χ4n) is 1.76. The zero-order valence-electron chi connectivity index (χ0n) is 13.4. The number of nitrogens with zero attached hydrogens (tertiary/aromatic N) is 3. The number of aromatic nitrogens is 1. The fraction of sp³-hybridized carbons (Fsp3) is 0.250. The maximum Gasteiger partial charge on any atom is 0.413 e. The van der Waals surface area contributed by atoms with Crippen molar-refractivity contribution in [2.75, 3.05) is 10.6 Å². The summed E-state index contributed by atoms with van der Waals surface area (Å²) in [6.45, 7) is 5.26. The highest BCUT2D eigenvalue weighted by Crippen LogP contribution is 2.26. The lowest BCUT2D eigenvalue weighted by atomic mass is 10.2. The van der Waals surface area contributed by atoms with E-state index in [4.69, 9.17) is 19.8 Å². The van der Waals surface area contributed by atoms with Crippen LogP contribution in [-0.4, -0.2) is 16.9 Å². The smallest absolute Gasteiger partial charge is 0.413 e. The fourth-order valence-corrected chi connectivity index (χ4v) is 1.76. The highest BCUT2D eigenvalue weighted by atomic mass is 16.6. The molecular formula is C16H15N5O3. The van der Waals surface area contributed by atoms with Gasteiger partial charge in [-0.25, -0.2) is 4.79 Å². The van der Waals surface area contributed by atoms with E-state index in [-0.39, 0.29) is 11.4 Å². The number of nitriles is 2. The number of rotatable bonds is 3. The van der Waals surface area contributed by atoms with Gasteiger partial charge in [0.25, 0.3) is 0 Å². The second kappa shape index (κ2) is 6.71. The van der Waals surface area contributed by atoms with E-state index in [9.17, 15) is 4.79 Å². The van der Waals surface area contributed by atoms with Crippen molar-refractivity contribution < 1.29 is 14.1 Å². The number of hydrogen-bond donors (Lipinski definition) is 2. The first-order valence-corrected chi connectivity index (χ1v) is 6.99. The summed E-state index contributed by atoms with van der Waals surface area (Å²) >= 11 is 0. The van der Waals surface area contributed by atoms with E-state index in [0.29, 0.717) is 16.7 Å². The Bertz CT molecular complexity index is 862. The van der Waals surface area contributed by atoms with Crippen LogP contribution in [0.1, 0.15) is 20.8 Å². The molecule has 0 unspecified atom stereocenters. The van der Waals surface area contributed by atoms with E-state index < -0.39 is 11.7 Å². The Kier molecular flexibility index (Phi) is 4.71. The van der Waals surface area contributed by atoms with Gasteiger partial charge in [-0.3, -0.25) is 5.32 Å². The molecule has 122 valence electrons. The van der Waals surface area contributed by atoms with Gasteiger partial charge in [-0.2, -0.15) is 10.5 Å². The highest BCUT2D eigenvalue weighted by Gasteiger charge is 2.18. The monoisotopic (exact) mass is 325 g/mol. The van der Waals surface area contributed by atoms with Crippen LogP contribution in [0.25, 0.3) is 11.0 Å². The average Bonchev–Trinajstić information content (AvgIpc) is 2.89. The summed E-state index contributed by atoms with van der Waals surface area (Å²) in [6.07, 6.45) is 0.641. The minimum atomic E-state index is -0.646. The van der Waals surface area contributed by atoms with Crippen LogP contribution in [0.2, 0.25) is 0 Å². The van der Waals surface area contributed by atoms with Gasteiger partial charge in [0.15, 0.2) is 11.4 Å². The molecule has 24 heavy (non-hydrogen) atoms. The van der Waals surface area contributed by atoms with E-state index in [0.717, 1.165) is 0 Å². The summed E-state index contributed by atoms with van der Waals surface area (Å²) in [4.78, 5) is 11.8. The third-order valence-electron chi connectivity index (χ3n) is 2.71. The lowest BCUT2D eigenvalue weighted by Gasteiger charge is -2.19. The normalized spacial score (nSPS) is 10.4. The van der Waals surface area contributed by atoms with Gasteiger partial charge in [-0.1, -0.05) is 5.16 Å². The Morgan fingerprint density at radius 1 is 1.33 bits per heavy atom. The van der Waals surface area contributed by atoms with Crippen molar-refractivity contribution in [2.24, 2.45) is 0 Å². The van der Waals surface area contributed by atoms with Crippen molar-refractivity contribution in [1.29, 1.82) is 10.5 Å². The molecule has 1 aromatic carbocycles. The molecule has 2 N–H and O–H groups in total.